The lowest BCUT2D eigenvalue weighted by atomic mass is 10.1. The fourth-order valence-corrected chi connectivity index (χ4v) is 3.00. The summed E-state index contributed by atoms with van der Waals surface area (Å²) in [6, 6.07) is 8.85. The van der Waals surface area contributed by atoms with E-state index >= 15 is 0 Å². The molecule has 1 aromatic carbocycles. The van der Waals surface area contributed by atoms with Crippen molar-refractivity contribution in [2.75, 3.05) is 7.05 Å². The van der Waals surface area contributed by atoms with Crippen LogP contribution in [-0.4, -0.2) is 33.8 Å². The largest absolute Gasteiger partial charge is 0.352 e. The minimum atomic E-state index is 0.330. The second-order valence-corrected chi connectivity index (χ2v) is 5.79. The van der Waals surface area contributed by atoms with E-state index in [4.69, 9.17) is 0 Å². The molecule has 0 bridgehead atoms. The molecule has 1 aliphatic rings. The van der Waals surface area contributed by atoms with Gasteiger partial charge in [-0.3, -0.25) is 4.99 Å². The van der Waals surface area contributed by atoms with E-state index in [0.717, 1.165) is 44.1 Å². The van der Waals surface area contributed by atoms with Gasteiger partial charge in [0.2, 0.25) is 0 Å². The molecule has 0 aliphatic carbocycles. The van der Waals surface area contributed by atoms with E-state index in [0.29, 0.717) is 6.04 Å². The molecule has 0 saturated heterocycles. The van der Waals surface area contributed by atoms with Gasteiger partial charge in [0, 0.05) is 26.1 Å². The molecule has 2 aromatic rings. The van der Waals surface area contributed by atoms with Crippen LogP contribution in [0, 0.1) is 0 Å². The molecule has 0 spiro atoms. The number of fused-ring (bicyclic) bond motifs is 1. The Morgan fingerprint density at radius 3 is 2.96 bits per heavy atom. The first-order valence-corrected chi connectivity index (χ1v) is 8.20. The Labute approximate surface area is 137 Å². The van der Waals surface area contributed by atoms with Crippen LogP contribution in [0.5, 0.6) is 0 Å². The first-order chi connectivity index (χ1) is 11.3. The first kappa shape index (κ1) is 15.5. The molecule has 1 aliphatic heterocycles. The molecule has 23 heavy (non-hydrogen) atoms. The van der Waals surface area contributed by atoms with Crippen LogP contribution < -0.4 is 10.6 Å². The number of aromatic nitrogens is 3. The third-order valence-corrected chi connectivity index (χ3v) is 4.32. The molecule has 2 N–H and O–H groups in total. The number of aliphatic imine (C=N–C) groups is 1. The molecular weight excluding hydrogens is 288 g/mol. The quantitative estimate of drug-likeness (QED) is 0.663. The minimum Gasteiger partial charge on any atom is -0.352 e. The molecule has 2 heterocycles. The number of guanidine groups is 1. The highest BCUT2D eigenvalue weighted by Gasteiger charge is 2.20. The molecule has 0 amide bonds. The van der Waals surface area contributed by atoms with E-state index in [2.05, 4.69) is 56.9 Å². The van der Waals surface area contributed by atoms with Gasteiger partial charge in [-0.15, -0.1) is 0 Å². The van der Waals surface area contributed by atoms with Crippen LogP contribution in [0.15, 0.2) is 35.6 Å². The summed E-state index contributed by atoms with van der Waals surface area (Å²) < 4.78 is 1.97. The van der Waals surface area contributed by atoms with Crippen molar-refractivity contribution in [1.82, 2.24) is 25.4 Å². The van der Waals surface area contributed by atoms with Gasteiger partial charge in [-0.25, -0.2) is 9.67 Å². The Hall–Kier alpha value is -2.37. The average molecular weight is 312 g/mol. The van der Waals surface area contributed by atoms with Gasteiger partial charge >= 0.3 is 0 Å². The average Bonchev–Trinajstić information content (AvgIpc) is 3.06. The molecule has 1 unspecified atom stereocenters. The number of hydrogen-bond donors (Lipinski definition) is 2. The lowest BCUT2D eigenvalue weighted by Gasteiger charge is -2.25. The summed E-state index contributed by atoms with van der Waals surface area (Å²) in [6.07, 6.45) is 4.67. The molecule has 6 nitrogen and oxygen atoms in total. The Morgan fingerprint density at radius 1 is 1.35 bits per heavy atom. The molecule has 6 heteroatoms. The van der Waals surface area contributed by atoms with Gasteiger partial charge in [-0.1, -0.05) is 31.2 Å². The van der Waals surface area contributed by atoms with Crippen molar-refractivity contribution in [3.8, 4) is 0 Å². The lowest BCUT2D eigenvalue weighted by Crippen LogP contribution is -2.46. The van der Waals surface area contributed by atoms with Crippen molar-refractivity contribution in [1.29, 1.82) is 0 Å². The number of aryl methyl sites for hydroxylation is 2. The van der Waals surface area contributed by atoms with E-state index in [1.54, 1.807) is 6.33 Å². The number of hydrogen-bond acceptors (Lipinski definition) is 3. The summed E-state index contributed by atoms with van der Waals surface area (Å²) >= 11 is 0. The molecule has 0 radical (unpaired) electrons. The number of nitrogens with one attached hydrogen (secondary N) is 2. The second kappa shape index (κ2) is 7.26. The van der Waals surface area contributed by atoms with Crippen LogP contribution in [0.4, 0.5) is 0 Å². The lowest BCUT2D eigenvalue weighted by molar-refractivity contribution is 0.392. The third kappa shape index (κ3) is 3.70. The Bertz CT molecular complexity index is 675. The van der Waals surface area contributed by atoms with Crippen LogP contribution in [-0.2, 0) is 25.9 Å². The molecule has 1 atom stereocenters. The number of benzene rings is 1. The summed E-state index contributed by atoms with van der Waals surface area (Å²) in [5.41, 5.74) is 2.69. The van der Waals surface area contributed by atoms with Gasteiger partial charge in [0.1, 0.15) is 12.2 Å². The zero-order valence-corrected chi connectivity index (χ0v) is 13.8. The fourth-order valence-electron chi connectivity index (χ4n) is 3.00. The van der Waals surface area contributed by atoms with Gasteiger partial charge in [0.15, 0.2) is 5.96 Å². The van der Waals surface area contributed by atoms with E-state index in [9.17, 15) is 0 Å². The molecular formula is C17H24N6. The van der Waals surface area contributed by atoms with Crippen molar-refractivity contribution < 1.29 is 0 Å². The Balaban J connectivity index is 1.57. The zero-order valence-electron chi connectivity index (χ0n) is 13.8. The second-order valence-electron chi connectivity index (χ2n) is 5.79. The van der Waals surface area contributed by atoms with E-state index < -0.39 is 0 Å². The molecule has 3 rings (SSSR count). The molecule has 0 saturated carbocycles. The number of rotatable bonds is 4. The summed E-state index contributed by atoms with van der Waals surface area (Å²) in [4.78, 5) is 8.61. The normalized spacial score (nSPS) is 17.7. The van der Waals surface area contributed by atoms with Crippen molar-refractivity contribution in [2.24, 2.45) is 4.99 Å². The highest BCUT2D eigenvalue weighted by atomic mass is 15.4. The highest BCUT2D eigenvalue weighted by molar-refractivity contribution is 5.80. The van der Waals surface area contributed by atoms with Crippen LogP contribution in [0.1, 0.15) is 30.3 Å². The Kier molecular flexibility index (Phi) is 4.90. The zero-order chi connectivity index (χ0) is 16.1. The maximum absolute atomic E-state index is 4.35. The standard InChI is InChI=1S/C17H24N6/c1-3-13-6-4-5-7-14(13)10-19-17(18-2)22-15-8-9-16-20-12-21-23(16)11-15/h4-7,12,15H,3,8-11H2,1-2H3,(H2,18,19,22). The van der Waals surface area contributed by atoms with Gasteiger partial charge < -0.3 is 10.6 Å². The number of nitrogens with zero attached hydrogens (tertiary/aromatic N) is 4. The predicted molar refractivity (Wildman–Crippen MR) is 91.3 cm³/mol. The maximum atomic E-state index is 4.35. The molecule has 122 valence electrons. The van der Waals surface area contributed by atoms with Gasteiger partial charge in [0.25, 0.3) is 0 Å². The van der Waals surface area contributed by atoms with Crippen LogP contribution in [0.3, 0.4) is 0 Å². The summed E-state index contributed by atoms with van der Waals surface area (Å²) in [7, 11) is 1.81. The van der Waals surface area contributed by atoms with Gasteiger partial charge in [-0.2, -0.15) is 5.10 Å². The van der Waals surface area contributed by atoms with Crippen molar-refractivity contribution in [2.45, 2.75) is 45.3 Å². The summed E-state index contributed by atoms with van der Waals surface area (Å²) in [6.45, 7) is 3.80. The maximum Gasteiger partial charge on any atom is 0.191 e. The highest BCUT2D eigenvalue weighted by Crippen LogP contribution is 2.12. The van der Waals surface area contributed by atoms with Crippen LogP contribution >= 0.6 is 0 Å². The summed E-state index contributed by atoms with van der Waals surface area (Å²) in [5.74, 6) is 1.91. The van der Waals surface area contributed by atoms with E-state index in [-0.39, 0.29) is 0 Å². The van der Waals surface area contributed by atoms with E-state index in [1.165, 1.54) is 11.1 Å². The SMILES string of the molecule is CCc1ccccc1CNC(=NC)NC1CCc2ncnn2C1. The summed E-state index contributed by atoms with van der Waals surface area (Å²) in [5, 5.41) is 11.2. The van der Waals surface area contributed by atoms with E-state index in [1.807, 2.05) is 11.7 Å². The fraction of sp³-hybridized carbons (Fsp3) is 0.471. The predicted octanol–water partition coefficient (Wildman–Crippen LogP) is 1.52. The molecule has 1 aromatic heterocycles. The molecule has 0 fully saturated rings. The van der Waals surface area contributed by atoms with Crippen LogP contribution in [0.25, 0.3) is 0 Å². The van der Waals surface area contributed by atoms with Crippen molar-refractivity contribution in [3.05, 3.63) is 47.5 Å². The van der Waals surface area contributed by atoms with Crippen molar-refractivity contribution in [3.63, 3.8) is 0 Å². The smallest absolute Gasteiger partial charge is 0.191 e. The first-order valence-electron chi connectivity index (χ1n) is 8.20. The van der Waals surface area contributed by atoms with Crippen LogP contribution in [0.2, 0.25) is 0 Å². The van der Waals surface area contributed by atoms with Gasteiger partial charge in [-0.05, 0) is 24.0 Å². The minimum absolute atomic E-state index is 0.330. The topological polar surface area (TPSA) is 67.1 Å². The van der Waals surface area contributed by atoms with Gasteiger partial charge in [0.05, 0.1) is 6.54 Å². The third-order valence-electron chi connectivity index (χ3n) is 4.32. The Morgan fingerprint density at radius 2 is 2.17 bits per heavy atom. The monoisotopic (exact) mass is 312 g/mol. The van der Waals surface area contributed by atoms with Crippen molar-refractivity contribution >= 4 is 5.96 Å².